The Morgan fingerprint density at radius 3 is 2.94 bits per heavy atom. The number of oxazole rings is 1. The highest BCUT2D eigenvalue weighted by molar-refractivity contribution is 6.21. The highest BCUT2D eigenvalue weighted by Gasteiger charge is 2.39. The molecule has 0 spiro atoms. The van der Waals surface area contributed by atoms with Crippen molar-refractivity contribution >= 4 is 22.7 Å². The van der Waals surface area contributed by atoms with Crippen LogP contribution in [0.1, 0.15) is 19.2 Å². The number of aromatic nitrogens is 1. The van der Waals surface area contributed by atoms with Gasteiger partial charge in [0.15, 0.2) is 11.5 Å². The molecule has 3 unspecified atom stereocenters. The molecular weight excluding hydrogens is 222 g/mol. The third-order valence-electron chi connectivity index (χ3n) is 3.34. The Labute approximate surface area is 99.6 Å². The molecule has 0 saturated heterocycles. The average Bonchev–Trinajstić information content (AvgIpc) is 2.87. The second-order valence-corrected chi connectivity index (χ2v) is 5.23. The van der Waals surface area contributed by atoms with Crippen LogP contribution in [0.4, 0.5) is 0 Å². The summed E-state index contributed by atoms with van der Waals surface area (Å²) in [6.07, 6.45) is 1.99. The molecule has 2 nitrogen and oxygen atoms in total. The lowest BCUT2D eigenvalue weighted by Crippen LogP contribution is -2.07. The van der Waals surface area contributed by atoms with Gasteiger partial charge < -0.3 is 4.42 Å². The fourth-order valence-corrected chi connectivity index (χ4v) is 2.66. The lowest BCUT2D eigenvalue weighted by molar-refractivity contribution is 0.508. The van der Waals surface area contributed by atoms with Crippen LogP contribution in [-0.4, -0.2) is 10.4 Å². The minimum Gasteiger partial charge on any atom is -0.441 e. The van der Waals surface area contributed by atoms with Gasteiger partial charge in [0.2, 0.25) is 0 Å². The van der Waals surface area contributed by atoms with Gasteiger partial charge in [0, 0.05) is 11.8 Å². The molecule has 1 fully saturated rings. The molecule has 2 aromatic rings. The summed E-state index contributed by atoms with van der Waals surface area (Å²) in [7, 11) is 0. The van der Waals surface area contributed by atoms with Crippen molar-refractivity contribution < 1.29 is 4.42 Å². The van der Waals surface area contributed by atoms with Gasteiger partial charge in [-0.2, -0.15) is 0 Å². The zero-order valence-electron chi connectivity index (χ0n) is 9.19. The van der Waals surface area contributed by atoms with Gasteiger partial charge in [-0.3, -0.25) is 0 Å². The van der Waals surface area contributed by atoms with Crippen LogP contribution in [0, 0.1) is 11.8 Å². The number of hydrogen-bond acceptors (Lipinski definition) is 2. The zero-order valence-corrected chi connectivity index (χ0v) is 9.95. The number of alkyl halides is 1. The molecule has 16 heavy (non-hydrogen) atoms. The molecule has 0 aliphatic heterocycles. The van der Waals surface area contributed by atoms with Crippen molar-refractivity contribution in [2.75, 3.05) is 0 Å². The largest absolute Gasteiger partial charge is 0.441 e. The summed E-state index contributed by atoms with van der Waals surface area (Å²) in [6, 6.07) is 7.83. The van der Waals surface area contributed by atoms with Crippen LogP contribution < -0.4 is 0 Å². The molecule has 1 aliphatic carbocycles. The molecule has 0 bridgehead atoms. The number of fused-ring (bicyclic) bond motifs is 1. The lowest BCUT2D eigenvalue weighted by Gasteiger charge is -2.03. The number of hydrogen-bond donors (Lipinski definition) is 0. The predicted molar refractivity (Wildman–Crippen MR) is 64.6 cm³/mol. The maximum atomic E-state index is 6.34. The lowest BCUT2D eigenvalue weighted by atomic mass is 10.2. The van der Waals surface area contributed by atoms with Gasteiger partial charge >= 0.3 is 0 Å². The van der Waals surface area contributed by atoms with Crippen LogP contribution >= 0.6 is 11.6 Å². The number of halogens is 1. The molecule has 1 saturated carbocycles. The predicted octanol–water partition coefficient (Wildman–Crippen LogP) is 3.63. The standard InChI is InChI=1S/C13H14ClNO/c1-8-6-9(8)10(14)7-13-15-11-4-2-3-5-12(11)16-13/h2-5,8-10H,6-7H2,1H3. The van der Waals surface area contributed by atoms with Gasteiger partial charge in [-0.15, -0.1) is 11.6 Å². The molecule has 3 atom stereocenters. The maximum absolute atomic E-state index is 6.34. The van der Waals surface area contributed by atoms with Crippen molar-refractivity contribution in [1.82, 2.24) is 4.98 Å². The van der Waals surface area contributed by atoms with Crippen LogP contribution in [0.25, 0.3) is 11.1 Å². The van der Waals surface area contributed by atoms with Crippen LogP contribution in [0.2, 0.25) is 0 Å². The van der Waals surface area contributed by atoms with E-state index in [2.05, 4.69) is 11.9 Å². The molecule has 1 aromatic carbocycles. The summed E-state index contributed by atoms with van der Waals surface area (Å²) >= 11 is 6.34. The van der Waals surface area contributed by atoms with E-state index in [0.717, 1.165) is 29.3 Å². The highest BCUT2D eigenvalue weighted by Crippen LogP contribution is 2.43. The van der Waals surface area contributed by atoms with Crippen LogP contribution in [0.15, 0.2) is 28.7 Å². The molecule has 1 aromatic heterocycles. The molecule has 3 rings (SSSR count). The number of nitrogens with zero attached hydrogens (tertiary/aromatic N) is 1. The summed E-state index contributed by atoms with van der Waals surface area (Å²) in [5, 5.41) is 0.170. The first-order chi connectivity index (χ1) is 7.74. The van der Waals surface area contributed by atoms with Gasteiger partial charge in [-0.25, -0.2) is 4.98 Å². The highest BCUT2D eigenvalue weighted by atomic mass is 35.5. The number of rotatable bonds is 3. The van der Waals surface area contributed by atoms with Gasteiger partial charge in [0.05, 0.1) is 0 Å². The van der Waals surface area contributed by atoms with Crippen LogP contribution in [0.5, 0.6) is 0 Å². The van der Waals surface area contributed by atoms with Gasteiger partial charge in [0.1, 0.15) is 5.52 Å². The molecule has 84 valence electrons. The summed E-state index contributed by atoms with van der Waals surface area (Å²) in [5.74, 6) is 2.18. The van der Waals surface area contributed by atoms with Gasteiger partial charge in [-0.05, 0) is 30.4 Å². The third-order valence-corrected chi connectivity index (χ3v) is 3.82. The quantitative estimate of drug-likeness (QED) is 0.760. The first-order valence-corrected chi connectivity index (χ1v) is 6.16. The van der Waals surface area contributed by atoms with E-state index in [9.17, 15) is 0 Å². The van der Waals surface area contributed by atoms with E-state index in [4.69, 9.17) is 16.0 Å². The smallest absolute Gasteiger partial charge is 0.196 e. The van der Waals surface area contributed by atoms with Gasteiger partial charge in [-0.1, -0.05) is 19.1 Å². The van der Waals surface area contributed by atoms with E-state index in [0.29, 0.717) is 5.92 Å². The molecule has 0 radical (unpaired) electrons. The minimum absolute atomic E-state index is 0.170. The first kappa shape index (κ1) is 10.2. The monoisotopic (exact) mass is 235 g/mol. The van der Waals surface area contributed by atoms with Crippen molar-refractivity contribution in [2.45, 2.75) is 25.1 Å². The topological polar surface area (TPSA) is 26.0 Å². The first-order valence-electron chi connectivity index (χ1n) is 5.72. The maximum Gasteiger partial charge on any atom is 0.196 e. The second-order valence-electron chi connectivity index (χ2n) is 4.67. The molecule has 3 heteroatoms. The van der Waals surface area contributed by atoms with Crippen LogP contribution in [0.3, 0.4) is 0 Å². The van der Waals surface area contributed by atoms with Crippen molar-refractivity contribution in [1.29, 1.82) is 0 Å². The van der Waals surface area contributed by atoms with Crippen molar-refractivity contribution in [3.8, 4) is 0 Å². The molecular formula is C13H14ClNO. The molecule has 1 aliphatic rings. The van der Waals surface area contributed by atoms with E-state index in [1.54, 1.807) is 0 Å². The van der Waals surface area contributed by atoms with E-state index in [1.807, 2.05) is 24.3 Å². The summed E-state index contributed by atoms with van der Waals surface area (Å²) in [6.45, 7) is 2.24. The Hall–Kier alpha value is -1.02. The Balaban J connectivity index is 1.79. The molecule has 0 amide bonds. The minimum atomic E-state index is 0.170. The van der Waals surface area contributed by atoms with Crippen molar-refractivity contribution in [3.05, 3.63) is 30.2 Å². The number of para-hydroxylation sites is 2. The Bertz CT molecular complexity index is 474. The fraction of sp³-hybridized carbons (Fsp3) is 0.462. The Morgan fingerprint density at radius 1 is 1.50 bits per heavy atom. The summed E-state index contributed by atoms with van der Waals surface area (Å²) in [5.41, 5.74) is 1.77. The van der Waals surface area contributed by atoms with Crippen LogP contribution in [-0.2, 0) is 6.42 Å². The average molecular weight is 236 g/mol. The van der Waals surface area contributed by atoms with E-state index < -0.39 is 0 Å². The van der Waals surface area contributed by atoms with E-state index in [-0.39, 0.29) is 5.38 Å². The Kier molecular flexibility index (Phi) is 2.40. The van der Waals surface area contributed by atoms with Crippen molar-refractivity contribution in [3.63, 3.8) is 0 Å². The van der Waals surface area contributed by atoms with Crippen molar-refractivity contribution in [2.24, 2.45) is 11.8 Å². The second kappa shape index (κ2) is 3.77. The fourth-order valence-electron chi connectivity index (χ4n) is 2.18. The zero-order chi connectivity index (χ0) is 11.1. The van der Waals surface area contributed by atoms with E-state index in [1.165, 1.54) is 6.42 Å². The summed E-state index contributed by atoms with van der Waals surface area (Å²) < 4.78 is 5.66. The molecule has 0 N–H and O–H groups in total. The van der Waals surface area contributed by atoms with Gasteiger partial charge in [0.25, 0.3) is 0 Å². The SMILES string of the molecule is CC1CC1C(Cl)Cc1nc2ccccc2o1. The normalized spacial score (nSPS) is 25.9. The third kappa shape index (κ3) is 1.82. The summed E-state index contributed by atoms with van der Waals surface area (Å²) in [4.78, 5) is 4.44. The number of benzene rings is 1. The Morgan fingerprint density at radius 2 is 2.25 bits per heavy atom. The molecule has 1 heterocycles. The van der Waals surface area contributed by atoms with E-state index >= 15 is 0 Å².